The van der Waals surface area contributed by atoms with Gasteiger partial charge in [0.1, 0.15) is 12.4 Å². The molecule has 0 radical (unpaired) electrons. The Bertz CT molecular complexity index is 453. The van der Waals surface area contributed by atoms with Crippen LogP contribution in [-0.4, -0.2) is 27.4 Å². The van der Waals surface area contributed by atoms with Gasteiger partial charge in [-0.3, -0.25) is 5.10 Å². The molecule has 0 aliphatic heterocycles. The van der Waals surface area contributed by atoms with Crippen LogP contribution in [0.1, 0.15) is 5.82 Å². The number of aliphatic hydroxyl groups is 1. The molecule has 0 fully saturated rings. The van der Waals surface area contributed by atoms with E-state index in [0.717, 1.165) is 5.56 Å². The van der Waals surface area contributed by atoms with Gasteiger partial charge in [-0.05, 0) is 12.1 Å². The summed E-state index contributed by atoms with van der Waals surface area (Å²) in [6.07, 6.45) is 0. The van der Waals surface area contributed by atoms with Crippen molar-refractivity contribution in [2.75, 3.05) is 7.11 Å². The summed E-state index contributed by atoms with van der Waals surface area (Å²) in [7, 11) is 1.60. The topological polar surface area (TPSA) is 71.0 Å². The Hall–Kier alpha value is -1.88. The Morgan fingerprint density at radius 2 is 2.20 bits per heavy atom. The summed E-state index contributed by atoms with van der Waals surface area (Å²) in [6, 6.07) is 7.46. The third-order valence-electron chi connectivity index (χ3n) is 2.03. The fourth-order valence-corrected chi connectivity index (χ4v) is 1.32. The molecule has 0 spiro atoms. The molecule has 15 heavy (non-hydrogen) atoms. The second kappa shape index (κ2) is 4.10. The summed E-state index contributed by atoms with van der Waals surface area (Å²) in [4.78, 5) is 4.11. The molecule has 0 aliphatic carbocycles. The first-order valence-corrected chi connectivity index (χ1v) is 4.50. The number of methoxy groups -OCH3 is 1. The summed E-state index contributed by atoms with van der Waals surface area (Å²) in [5.74, 6) is 1.67. The maximum atomic E-state index is 8.86. The first-order chi connectivity index (χ1) is 7.35. The van der Waals surface area contributed by atoms with Crippen molar-refractivity contribution >= 4 is 0 Å². The molecule has 1 aromatic carbocycles. The van der Waals surface area contributed by atoms with Crippen molar-refractivity contribution < 1.29 is 9.84 Å². The molecule has 2 aromatic rings. The zero-order valence-electron chi connectivity index (χ0n) is 8.27. The number of aliphatic hydroxyl groups excluding tert-OH is 1. The quantitative estimate of drug-likeness (QED) is 0.783. The van der Waals surface area contributed by atoms with Gasteiger partial charge in [0.15, 0.2) is 11.6 Å². The molecule has 1 heterocycles. The van der Waals surface area contributed by atoms with Gasteiger partial charge in [0, 0.05) is 0 Å². The molecule has 1 aromatic heterocycles. The minimum absolute atomic E-state index is 0.151. The summed E-state index contributed by atoms with van der Waals surface area (Å²) in [6.45, 7) is -0.151. The van der Waals surface area contributed by atoms with Crippen molar-refractivity contribution in [3.8, 4) is 17.1 Å². The molecular formula is C10H11N3O2. The summed E-state index contributed by atoms with van der Waals surface area (Å²) in [5.41, 5.74) is 0.802. The second-order valence-corrected chi connectivity index (χ2v) is 2.96. The van der Waals surface area contributed by atoms with Crippen molar-refractivity contribution in [3.63, 3.8) is 0 Å². The van der Waals surface area contributed by atoms with Crippen molar-refractivity contribution in [2.24, 2.45) is 0 Å². The highest BCUT2D eigenvalue weighted by molar-refractivity contribution is 5.63. The van der Waals surface area contributed by atoms with E-state index in [9.17, 15) is 0 Å². The smallest absolute Gasteiger partial charge is 0.184 e. The number of hydrogen-bond acceptors (Lipinski definition) is 4. The SMILES string of the molecule is COc1ccccc1-c1n[nH]c(CO)n1. The normalized spacial score (nSPS) is 10.3. The van der Waals surface area contributed by atoms with E-state index in [4.69, 9.17) is 9.84 Å². The van der Waals surface area contributed by atoms with Crippen molar-refractivity contribution in [3.05, 3.63) is 30.1 Å². The van der Waals surface area contributed by atoms with Gasteiger partial charge < -0.3 is 9.84 Å². The molecule has 0 bridgehead atoms. The minimum atomic E-state index is -0.151. The summed E-state index contributed by atoms with van der Waals surface area (Å²) in [5, 5.41) is 15.5. The maximum absolute atomic E-state index is 8.86. The molecule has 5 nitrogen and oxygen atoms in total. The van der Waals surface area contributed by atoms with Gasteiger partial charge >= 0.3 is 0 Å². The van der Waals surface area contributed by atoms with E-state index in [-0.39, 0.29) is 6.61 Å². The largest absolute Gasteiger partial charge is 0.496 e. The number of aromatic nitrogens is 3. The van der Waals surface area contributed by atoms with Gasteiger partial charge in [0.2, 0.25) is 0 Å². The molecule has 0 amide bonds. The van der Waals surface area contributed by atoms with Crippen LogP contribution in [0.4, 0.5) is 0 Å². The zero-order valence-corrected chi connectivity index (χ0v) is 8.27. The Morgan fingerprint density at radius 1 is 1.40 bits per heavy atom. The molecule has 0 aliphatic rings. The van der Waals surface area contributed by atoms with Crippen molar-refractivity contribution in [2.45, 2.75) is 6.61 Å². The monoisotopic (exact) mass is 205 g/mol. The molecule has 5 heteroatoms. The van der Waals surface area contributed by atoms with Crippen molar-refractivity contribution in [1.82, 2.24) is 15.2 Å². The van der Waals surface area contributed by atoms with Gasteiger partial charge in [-0.2, -0.15) is 5.10 Å². The third-order valence-corrected chi connectivity index (χ3v) is 2.03. The Labute approximate surface area is 86.7 Å². The van der Waals surface area contributed by atoms with E-state index in [1.165, 1.54) is 0 Å². The van der Waals surface area contributed by atoms with Crippen LogP contribution in [0.3, 0.4) is 0 Å². The van der Waals surface area contributed by atoms with Crippen LogP contribution in [0.15, 0.2) is 24.3 Å². The Morgan fingerprint density at radius 3 is 2.87 bits per heavy atom. The van der Waals surface area contributed by atoms with Crippen LogP contribution in [0.5, 0.6) is 5.75 Å². The third kappa shape index (κ3) is 1.82. The average molecular weight is 205 g/mol. The highest BCUT2D eigenvalue weighted by Crippen LogP contribution is 2.26. The lowest BCUT2D eigenvalue weighted by molar-refractivity contribution is 0.272. The van der Waals surface area contributed by atoms with Crippen LogP contribution in [-0.2, 0) is 6.61 Å². The lowest BCUT2D eigenvalue weighted by atomic mass is 10.2. The molecular weight excluding hydrogens is 194 g/mol. The molecule has 0 atom stereocenters. The number of hydrogen-bond donors (Lipinski definition) is 2. The number of rotatable bonds is 3. The highest BCUT2D eigenvalue weighted by Gasteiger charge is 2.09. The fraction of sp³-hybridized carbons (Fsp3) is 0.200. The van der Waals surface area contributed by atoms with Crippen molar-refractivity contribution in [1.29, 1.82) is 0 Å². The zero-order chi connectivity index (χ0) is 10.7. The number of para-hydroxylation sites is 1. The van der Waals surface area contributed by atoms with E-state index in [1.54, 1.807) is 7.11 Å². The van der Waals surface area contributed by atoms with Gasteiger partial charge in [0.25, 0.3) is 0 Å². The van der Waals surface area contributed by atoms with Crippen LogP contribution in [0.2, 0.25) is 0 Å². The number of ether oxygens (including phenoxy) is 1. The standard InChI is InChI=1S/C10H11N3O2/c1-15-8-5-3-2-4-7(8)10-11-9(6-14)12-13-10/h2-5,14H,6H2,1H3,(H,11,12,13). The number of aromatic amines is 1. The van der Waals surface area contributed by atoms with E-state index in [0.29, 0.717) is 17.4 Å². The fourth-order valence-electron chi connectivity index (χ4n) is 1.32. The number of H-pyrrole nitrogens is 1. The van der Waals surface area contributed by atoms with E-state index < -0.39 is 0 Å². The Kier molecular flexibility index (Phi) is 2.64. The van der Waals surface area contributed by atoms with Crippen LogP contribution in [0.25, 0.3) is 11.4 Å². The molecule has 2 rings (SSSR count). The Balaban J connectivity index is 2.44. The molecule has 0 unspecified atom stereocenters. The molecule has 2 N–H and O–H groups in total. The highest BCUT2D eigenvalue weighted by atomic mass is 16.5. The minimum Gasteiger partial charge on any atom is -0.496 e. The number of benzene rings is 1. The number of nitrogens with zero attached hydrogens (tertiary/aromatic N) is 2. The first-order valence-electron chi connectivity index (χ1n) is 4.50. The van der Waals surface area contributed by atoms with Gasteiger partial charge in [-0.15, -0.1) is 0 Å². The summed E-state index contributed by atoms with van der Waals surface area (Å²) >= 11 is 0. The van der Waals surface area contributed by atoms with Crippen LogP contribution in [0, 0.1) is 0 Å². The predicted molar refractivity (Wildman–Crippen MR) is 54.3 cm³/mol. The average Bonchev–Trinajstić information content (AvgIpc) is 2.77. The van der Waals surface area contributed by atoms with Gasteiger partial charge in [-0.1, -0.05) is 12.1 Å². The molecule has 0 saturated heterocycles. The van der Waals surface area contributed by atoms with Gasteiger partial charge in [0.05, 0.1) is 12.7 Å². The molecule has 0 saturated carbocycles. The molecule has 78 valence electrons. The first kappa shape index (κ1) is 9.67. The maximum Gasteiger partial charge on any atom is 0.184 e. The van der Waals surface area contributed by atoms with Crippen LogP contribution >= 0.6 is 0 Å². The lowest BCUT2D eigenvalue weighted by Gasteiger charge is -2.03. The lowest BCUT2D eigenvalue weighted by Crippen LogP contribution is -1.89. The van der Waals surface area contributed by atoms with Crippen LogP contribution < -0.4 is 4.74 Å². The van der Waals surface area contributed by atoms with Gasteiger partial charge in [-0.25, -0.2) is 4.98 Å². The van der Waals surface area contributed by atoms with E-state index in [1.807, 2.05) is 24.3 Å². The van der Waals surface area contributed by atoms with E-state index in [2.05, 4.69) is 15.2 Å². The number of nitrogens with one attached hydrogen (secondary N) is 1. The van der Waals surface area contributed by atoms with E-state index >= 15 is 0 Å². The summed E-state index contributed by atoms with van der Waals surface area (Å²) < 4.78 is 5.19. The predicted octanol–water partition coefficient (Wildman–Crippen LogP) is 0.973. The second-order valence-electron chi connectivity index (χ2n) is 2.96.